The molecule has 6 heteroatoms. The lowest BCUT2D eigenvalue weighted by Gasteiger charge is -2.11. The van der Waals surface area contributed by atoms with Crippen molar-refractivity contribution in [2.24, 2.45) is 0 Å². The van der Waals surface area contributed by atoms with E-state index < -0.39 is 20.2 Å². The van der Waals surface area contributed by atoms with Gasteiger partial charge in [0.05, 0.1) is 5.69 Å². The zero-order valence-corrected chi connectivity index (χ0v) is 11.4. The first-order chi connectivity index (χ1) is 8.07. The second kappa shape index (κ2) is 4.94. The Balaban J connectivity index is 3.04. The highest BCUT2D eigenvalue weighted by Gasteiger charge is 2.32. The van der Waals surface area contributed by atoms with Crippen LogP contribution in [-0.4, -0.2) is 14.4 Å². The molecule has 0 unspecified atom stereocenters. The molecule has 18 heavy (non-hydrogen) atoms. The highest BCUT2D eigenvalue weighted by atomic mass is 28.3. The van der Waals surface area contributed by atoms with Crippen molar-refractivity contribution in [2.45, 2.75) is 26.0 Å². The summed E-state index contributed by atoms with van der Waals surface area (Å²) < 4.78 is 40.2. The van der Waals surface area contributed by atoms with Crippen molar-refractivity contribution in [2.75, 3.05) is 5.73 Å². The van der Waals surface area contributed by atoms with E-state index in [0.29, 0.717) is 5.56 Å². The van der Waals surface area contributed by atoms with E-state index in [-0.39, 0.29) is 5.69 Å². The molecule has 0 aliphatic carbocycles. The Hall–Kier alpha value is -1.61. The Morgan fingerprint density at radius 3 is 2.33 bits per heavy atom. The summed E-state index contributed by atoms with van der Waals surface area (Å²) in [7, 11) is -1.57. The fraction of sp³-hybridized carbons (Fsp3) is 0.333. The summed E-state index contributed by atoms with van der Waals surface area (Å²) in [4.78, 5) is 0. The number of hydrogen-bond acceptors (Lipinski definition) is 2. The standard InChI is InChI=1S/C12H14F3NOSi/c1-18(2,3)7-6-9-4-5-10(16)11(8-9)17-12(13,14)15/h4-5,8H,16H2,1-3H3. The molecule has 2 nitrogen and oxygen atoms in total. The third-order valence-electron chi connectivity index (χ3n) is 1.82. The lowest BCUT2D eigenvalue weighted by atomic mass is 10.2. The highest BCUT2D eigenvalue weighted by molar-refractivity contribution is 6.83. The van der Waals surface area contributed by atoms with Crippen molar-refractivity contribution in [3.05, 3.63) is 23.8 Å². The van der Waals surface area contributed by atoms with Crippen molar-refractivity contribution in [3.63, 3.8) is 0 Å². The molecular formula is C12H14F3NOSi. The monoisotopic (exact) mass is 273 g/mol. The Morgan fingerprint density at radius 1 is 1.22 bits per heavy atom. The molecule has 0 spiro atoms. The van der Waals surface area contributed by atoms with E-state index in [1.807, 2.05) is 19.6 Å². The van der Waals surface area contributed by atoms with Crippen LogP contribution in [0.5, 0.6) is 5.75 Å². The molecule has 0 aliphatic rings. The van der Waals surface area contributed by atoms with Gasteiger partial charge in [-0.2, -0.15) is 0 Å². The fourth-order valence-corrected chi connectivity index (χ4v) is 1.60. The highest BCUT2D eigenvalue weighted by Crippen LogP contribution is 2.28. The van der Waals surface area contributed by atoms with Gasteiger partial charge >= 0.3 is 6.36 Å². The van der Waals surface area contributed by atoms with Gasteiger partial charge in [0.1, 0.15) is 8.07 Å². The molecular weight excluding hydrogens is 259 g/mol. The van der Waals surface area contributed by atoms with Crippen molar-refractivity contribution in [3.8, 4) is 17.2 Å². The van der Waals surface area contributed by atoms with Crippen LogP contribution >= 0.6 is 0 Å². The molecule has 0 aliphatic heterocycles. The summed E-state index contributed by atoms with van der Waals surface area (Å²) >= 11 is 0. The molecule has 0 aromatic heterocycles. The minimum Gasteiger partial charge on any atom is -0.404 e. The molecule has 0 saturated carbocycles. The molecule has 0 amide bonds. The van der Waals surface area contributed by atoms with Gasteiger partial charge < -0.3 is 10.5 Å². The van der Waals surface area contributed by atoms with Crippen molar-refractivity contribution < 1.29 is 17.9 Å². The zero-order chi connectivity index (χ0) is 14.0. The van der Waals surface area contributed by atoms with Crippen LogP contribution in [0, 0.1) is 11.5 Å². The fourth-order valence-electron chi connectivity index (χ4n) is 1.08. The van der Waals surface area contributed by atoms with Crippen LogP contribution in [0.2, 0.25) is 19.6 Å². The largest absolute Gasteiger partial charge is 0.573 e. The van der Waals surface area contributed by atoms with Gasteiger partial charge in [-0.25, -0.2) is 0 Å². The Labute approximate surface area is 105 Å². The quantitative estimate of drug-likeness (QED) is 0.483. The number of alkyl halides is 3. The van der Waals surface area contributed by atoms with Crippen LogP contribution in [0.4, 0.5) is 18.9 Å². The number of nitrogens with two attached hydrogens (primary N) is 1. The first-order valence-corrected chi connectivity index (χ1v) is 8.75. The van der Waals surface area contributed by atoms with Gasteiger partial charge in [0.15, 0.2) is 5.75 Å². The predicted molar refractivity (Wildman–Crippen MR) is 67.8 cm³/mol. The Kier molecular flexibility index (Phi) is 3.97. The minimum absolute atomic E-state index is 0.0640. The van der Waals surface area contributed by atoms with E-state index >= 15 is 0 Å². The van der Waals surface area contributed by atoms with Crippen LogP contribution in [0.15, 0.2) is 18.2 Å². The van der Waals surface area contributed by atoms with Gasteiger partial charge in [0.2, 0.25) is 0 Å². The Morgan fingerprint density at radius 2 is 1.83 bits per heavy atom. The first kappa shape index (κ1) is 14.4. The zero-order valence-electron chi connectivity index (χ0n) is 10.4. The van der Waals surface area contributed by atoms with Crippen LogP contribution in [0.1, 0.15) is 5.56 Å². The van der Waals surface area contributed by atoms with Gasteiger partial charge in [-0.3, -0.25) is 0 Å². The first-order valence-electron chi connectivity index (χ1n) is 5.25. The SMILES string of the molecule is C[Si](C)(C)C#Cc1ccc(N)c(OC(F)(F)F)c1. The lowest BCUT2D eigenvalue weighted by molar-refractivity contribution is -0.274. The van der Waals surface area contributed by atoms with Crippen LogP contribution < -0.4 is 10.5 Å². The number of ether oxygens (including phenoxy) is 1. The second-order valence-corrected chi connectivity index (χ2v) is 9.55. The Bertz CT molecular complexity index is 495. The third-order valence-corrected chi connectivity index (χ3v) is 2.70. The third kappa shape index (κ3) is 5.14. The van der Waals surface area contributed by atoms with E-state index in [4.69, 9.17) is 5.73 Å². The summed E-state index contributed by atoms with van der Waals surface area (Å²) in [6, 6.07) is 4.14. The average molecular weight is 273 g/mol. The number of anilines is 1. The number of benzene rings is 1. The second-order valence-electron chi connectivity index (χ2n) is 4.80. The molecule has 0 fully saturated rings. The molecule has 1 aromatic rings. The molecule has 0 saturated heterocycles. The van der Waals surface area contributed by atoms with Crippen molar-refractivity contribution in [1.29, 1.82) is 0 Å². The summed E-state index contributed by atoms with van der Waals surface area (Å²) in [5, 5.41) is 0. The summed E-state index contributed by atoms with van der Waals surface area (Å²) in [6.07, 6.45) is -4.75. The molecule has 1 rings (SSSR count). The average Bonchev–Trinajstić information content (AvgIpc) is 2.16. The minimum atomic E-state index is -4.75. The van der Waals surface area contributed by atoms with E-state index in [0.717, 1.165) is 0 Å². The van der Waals surface area contributed by atoms with E-state index in [9.17, 15) is 13.2 Å². The van der Waals surface area contributed by atoms with Crippen LogP contribution in [-0.2, 0) is 0 Å². The molecule has 1 aromatic carbocycles. The molecule has 0 heterocycles. The van der Waals surface area contributed by atoms with Gasteiger partial charge in [-0.15, -0.1) is 18.7 Å². The van der Waals surface area contributed by atoms with Gasteiger partial charge in [0, 0.05) is 5.56 Å². The summed E-state index contributed by atoms with van der Waals surface area (Å²) in [6.45, 7) is 6.14. The maximum absolute atomic E-state index is 12.1. The molecule has 0 radical (unpaired) electrons. The van der Waals surface area contributed by atoms with Crippen molar-refractivity contribution >= 4 is 13.8 Å². The summed E-state index contributed by atoms with van der Waals surface area (Å²) in [5.41, 5.74) is 8.87. The molecule has 0 bridgehead atoms. The smallest absolute Gasteiger partial charge is 0.404 e. The van der Waals surface area contributed by atoms with Gasteiger partial charge in [0.25, 0.3) is 0 Å². The molecule has 0 atom stereocenters. The number of halogens is 3. The van der Waals surface area contributed by atoms with Crippen molar-refractivity contribution in [1.82, 2.24) is 0 Å². The van der Waals surface area contributed by atoms with Gasteiger partial charge in [-0.05, 0) is 18.2 Å². The molecule has 2 N–H and O–H groups in total. The number of rotatable bonds is 1. The maximum atomic E-state index is 12.1. The maximum Gasteiger partial charge on any atom is 0.573 e. The lowest BCUT2D eigenvalue weighted by Crippen LogP contribution is -2.18. The normalized spacial score (nSPS) is 11.7. The summed E-state index contributed by atoms with van der Waals surface area (Å²) in [5.74, 6) is 2.43. The predicted octanol–water partition coefficient (Wildman–Crippen LogP) is 3.40. The number of hydrogen-bond donors (Lipinski definition) is 1. The van der Waals surface area contributed by atoms with E-state index in [1.165, 1.54) is 12.1 Å². The number of nitrogen functional groups attached to an aromatic ring is 1. The van der Waals surface area contributed by atoms with Gasteiger partial charge in [-0.1, -0.05) is 25.6 Å². The van der Waals surface area contributed by atoms with Crippen LogP contribution in [0.25, 0.3) is 0 Å². The topological polar surface area (TPSA) is 35.2 Å². The van der Waals surface area contributed by atoms with Crippen LogP contribution in [0.3, 0.4) is 0 Å². The molecule has 98 valence electrons. The van der Waals surface area contributed by atoms with E-state index in [2.05, 4.69) is 16.2 Å². The van der Waals surface area contributed by atoms with E-state index in [1.54, 1.807) is 6.07 Å².